The van der Waals surface area contributed by atoms with Crippen molar-refractivity contribution in [3.8, 4) is 5.75 Å². The third kappa shape index (κ3) is 2.64. The highest BCUT2D eigenvalue weighted by molar-refractivity contribution is 5.77. The predicted molar refractivity (Wildman–Crippen MR) is 70.7 cm³/mol. The number of carbonyl (C=O) groups is 1. The molecular weight excluding hydrogens is 228 g/mol. The number of hydrogen-bond acceptors (Lipinski definition) is 3. The number of fused-ring (bicyclic) bond motifs is 1. The van der Waals surface area contributed by atoms with Gasteiger partial charge in [-0.1, -0.05) is 19.1 Å². The molecule has 0 radical (unpaired) electrons. The maximum Gasteiger partial charge on any atom is 0.257 e. The Morgan fingerprint density at radius 2 is 2.33 bits per heavy atom. The molecule has 1 unspecified atom stereocenters. The van der Waals surface area contributed by atoms with Gasteiger partial charge in [0.05, 0.1) is 0 Å². The van der Waals surface area contributed by atoms with Gasteiger partial charge in [0.2, 0.25) is 0 Å². The van der Waals surface area contributed by atoms with E-state index >= 15 is 0 Å². The SMILES string of the molecule is CCNC1CCc2c(OCC(=O)NC)cccc21. The van der Waals surface area contributed by atoms with E-state index in [1.165, 1.54) is 11.1 Å². The molecule has 1 aliphatic carbocycles. The summed E-state index contributed by atoms with van der Waals surface area (Å²) in [7, 11) is 1.61. The Balaban J connectivity index is 2.12. The second-order valence-electron chi connectivity index (χ2n) is 4.43. The molecule has 0 bridgehead atoms. The van der Waals surface area contributed by atoms with E-state index in [9.17, 15) is 4.79 Å². The van der Waals surface area contributed by atoms with Crippen LogP contribution in [0.4, 0.5) is 0 Å². The van der Waals surface area contributed by atoms with Crippen LogP contribution in [-0.2, 0) is 11.2 Å². The first-order chi connectivity index (χ1) is 8.76. The monoisotopic (exact) mass is 248 g/mol. The minimum absolute atomic E-state index is 0.0822. The normalized spacial score (nSPS) is 17.3. The molecule has 98 valence electrons. The summed E-state index contributed by atoms with van der Waals surface area (Å²) in [5.41, 5.74) is 2.55. The van der Waals surface area contributed by atoms with Gasteiger partial charge in [-0.05, 0) is 36.6 Å². The number of rotatable bonds is 5. The van der Waals surface area contributed by atoms with Gasteiger partial charge in [-0.2, -0.15) is 0 Å². The quantitative estimate of drug-likeness (QED) is 0.828. The lowest BCUT2D eigenvalue weighted by Gasteiger charge is -2.14. The zero-order valence-corrected chi connectivity index (χ0v) is 11.0. The highest BCUT2D eigenvalue weighted by Crippen LogP contribution is 2.36. The molecule has 0 spiro atoms. The van der Waals surface area contributed by atoms with Crippen molar-refractivity contribution in [3.63, 3.8) is 0 Å². The summed E-state index contributed by atoms with van der Waals surface area (Å²) in [6, 6.07) is 6.50. The fraction of sp³-hybridized carbons (Fsp3) is 0.500. The molecule has 1 aromatic rings. The van der Waals surface area contributed by atoms with Crippen LogP contribution in [-0.4, -0.2) is 26.1 Å². The van der Waals surface area contributed by atoms with Crippen LogP contribution >= 0.6 is 0 Å². The van der Waals surface area contributed by atoms with Crippen molar-refractivity contribution in [2.24, 2.45) is 0 Å². The van der Waals surface area contributed by atoms with Gasteiger partial charge in [0.15, 0.2) is 6.61 Å². The Labute approximate surface area is 108 Å². The molecule has 0 aliphatic heterocycles. The predicted octanol–water partition coefficient (Wildman–Crippen LogP) is 1.41. The van der Waals surface area contributed by atoms with Crippen LogP contribution in [0.2, 0.25) is 0 Å². The Morgan fingerprint density at radius 3 is 3.06 bits per heavy atom. The van der Waals surface area contributed by atoms with Gasteiger partial charge in [-0.15, -0.1) is 0 Å². The molecule has 1 atom stereocenters. The molecule has 0 saturated carbocycles. The van der Waals surface area contributed by atoms with E-state index in [4.69, 9.17) is 4.74 Å². The highest BCUT2D eigenvalue weighted by atomic mass is 16.5. The molecular formula is C14H20N2O2. The van der Waals surface area contributed by atoms with Crippen LogP contribution < -0.4 is 15.4 Å². The molecule has 4 nitrogen and oxygen atoms in total. The Bertz CT molecular complexity index is 432. The van der Waals surface area contributed by atoms with Crippen LogP contribution in [0.3, 0.4) is 0 Å². The molecule has 0 heterocycles. The first kappa shape index (κ1) is 12.9. The van der Waals surface area contributed by atoms with Crippen molar-refractivity contribution in [1.29, 1.82) is 0 Å². The standard InChI is InChI=1S/C14H20N2O2/c1-3-16-12-8-7-11-10(12)5-4-6-13(11)18-9-14(17)15-2/h4-6,12,16H,3,7-9H2,1-2H3,(H,15,17). The largest absolute Gasteiger partial charge is 0.483 e. The van der Waals surface area contributed by atoms with Crippen molar-refractivity contribution in [1.82, 2.24) is 10.6 Å². The summed E-state index contributed by atoms with van der Waals surface area (Å²) < 4.78 is 5.59. The van der Waals surface area contributed by atoms with E-state index < -0.39 is 0 Å². The summed E-state index contributed by atoms with van der Waals surface area (Å²) in [5, 5.41) is 6.02. The molecule has 0 saturated heterocycles. The van der Waals surface area contributed by atoms with Gasteiger partial charge in [-0.25, -0.2) is 0 Å². The number of ether oxygens (including phenoxy) is 1. The minimum atomic E-state index is -0.103. The summed E-state index contributed by atoms with van der Waals surface area (Å²) >= 11 is 0. The molecule has 2 N–H and O–H groups in total. The zero-order chi connectivity index (χ0) is 13.0. The summed E-state index contributed by atoms with van der Waals surface area (Å²) in [4.78, 5) is 11.2. The average molecular weight is 248 g/mol. The van der Waals surface area contributed by atoms with Crippen LogP contribution in [0.1, 0.15) is 30.5 Å². The summed E-state index contributed by atoms with van der Waals surface area (Å²) in [5.74, 6) is 0.741. The molecule has 18 heavy (non-hydrogen) atoms. The van der Waals surface area contributed by atoms with Crippen LogP contribution in [0.25, 0.3) is 0 Å². The van der Waals surface area contributed by atoms with Gasteiger partial charge in [0.25, 0.3) is 5.91 Å². The number of nitrogens with one attached hydrogen (secondary N) is 2. The van der Waals surface area contributed by atoms with Gasteiger partial charge < -0.3 is 15.4 Å². The zero-order valence-electron chi connectivity index (χ0n) is 11.0. The number of amides is 1. The molecule has 1 amide bonds. The van der Waals surface area contributed by atoms with Gasteiger partial charge in [-0.3, -0.25) is 4.79 Å². The smallest absolute Gasteiger partial charge is 0.257 e. The molecule has 1 aliphatic rings. The van der Waals surface area contributed by atoms with Crippen molar-refractivity contribution >= 4 is 5.91 Å². The van der Waals surface area contributed by atoms with E-state index in [1.54, 1.807) is 7.05 Å². The second kappa shape index (κ2) is 5.87. The fourth-order valence-electron chi connectivity index (χ4n) is 2.43. The van der Waals surface area contributed by atoms with Crippen molar-refractivity contribution in [2.75, 3.05) is 20.2 Å². The van der Waals surface area contributed by atoms with Gasteiger partial charge >= 0.3 is 0 Å². The minimum Gasteiger partial charge on any atom is -0.483 e. The maximum atomic E-state index is 11.2. The van der Waals surface area contributed by atoms with E-state index in [1.807, 2.05) is 12.1 Å². The highest BCUT2D eigenvalue weighted by Gasteiger charge is 2.24. The third-order valence-electron chi connectivity index (χ3n) is 3.32. The Kier molecular flexibility index (Phi) is 4.20. The third-order valence-corrected chi connectivity index (χ3v) is 3.32. The van der Waals surface area contributed by atoms with E-state index in [-0.39, 0.29) is 12.5 Å². The first-order valence-corrected chi connectivity index (χ1v) is 6.44. The van der Waals surface area contributed by atoms with E-state index in [0.717, 1.165) is 25.1 Å². The maximum absolute atomic E-state index is 11.2. The molecule has 4 heteroatoms. The van der Waals surface area contributed by atoms with Crippen molar-refractivity contribution in [3.05, 3.63) is 29.3 Å². The van der Waals surface area contributed by atoms with Gasteiger partial charge in [0, 0.05) is 13.1 Å². The number of carbonyl (C=O) groups excluding carboxylic acids is 1. The topological polar surface area (TPSA) is 50.4 Å². The summed E-state index contributed by atoms with van der Waals surface area (Å²) in [6.45, 7) is 3.16. The number of benzene rings is 1. The molecule has 0 fully saturated rings. The Morgan fingerprint density at radius 1 is 1.50 bits per heavy atom. The molecule has 0 aromatic heterocycles. The first-order valence-electron chi connectivity index (χ1n) is 6.44. The fourth-order valence-corrected chi connectivity index (χ4v) is 2.43. The van der Waals surface area contributed by atoms with E-state index in [0.29, 0.717) is 6.04 Å². The summed E-state index contributed by atoms with van der Waals surface area (Å²) in [6.07, 6.45) is 2.11. The lowest BCUT2D eigenvalue weighted by Crippen LogP contribution is -2.25. The Hall–Kier alpha value is -1.55. The van der Waals surface area contributed by atoms with Crippen molar-refractivity contribution < 1.29 is 9.53 Å². The number of likely N-dealkylation sites (N-methyl/N-ethyl adjacent to an activating group) is 1. The lowest BCUT2D eigenvalue weighted by molar-refractivity contribution is -0.122. The van der Waals surface area contributed by atoms with Gasteiger partial charge in [0.1, 0.15) is 5.75 Å². The van der Waals surface area contributed by atoms with Crippen molar-refractivity contribution in [2.45, 2.75) is 25.8 Å². The molecule has 2 rings (SSSR count). The van der Waals surface area contributed by atoms with Crippen LogP contribution in [0.5, 0.6) is 5.75 Å². The number of hydrogen-bond donors (Lipinski definition) is 2. The van der Waals surface area contributed by atoms with Crippen LogP contribution in [0, 0.1) is 0 Å². The lowest BCUT2D eigenvalue weighted by atomic mass is 10.1. The molecule has 1 aromatic carbocycles. The van der Waals surface area contributed by atoms with Crippen LogP contribution in [0.15, 0.2) is 18.2 Å². The second-order valence-corrected chi connectivity index (χ2v) is 4.43. The van der Waals surface area contributed by atoms with E-state index in [2.05, 4.69) is 23.6 Å². The average Bonchev–Trinajstić information content (AvgIpc) is 2.80.